The number of hydrogen-bond acceptors (Lipinski definition) is 4. The van der Waals surface area contributed by atoms with Crippen LogP contribution in [0.25, 0.3) is 0 Å². The van der Waals surface area contributed by atoms with Gasteiger partial charge < -0.3 is 21.1 Å². The van der Waals surface area contributed by atoms with Crippen LogP contribution in [0.2, 0.25) is 0 Å². The molecule has 1 saturated heterocycles. The molecule has 0 bridgehead atoms. The summed E-state index contributed by atoms with van der Waals surface area (Å²) in [6.07, 6.45) is -7.75. The Morgan fingerprint density at radius 2 is 1.59 bits per heavy atom. The van der Waals surface area contributed by atoms with Crippen LogP contribution in [-0.4, -0.2) is 54.7 Å². The number of nitrogens with one attached hydrogen (secondary N) is 3. The maximum Gasteiger partial charge on any atom is 0.490 e. The van der Waals surface area contributed by atoms with Crippen molar-refractivity contribution in [2.75, 3.05) is 19.6 Å². The van der Waals surface area contributed by atoms with Crippen LogP contribution in [0.3, 0.4) is 0 Å². The number of alkyl halides is 6. The molecule has 178 valence electrons. The predicted octanol–water partition coefficient (Wildman–Crippen LogP) is 2.18. The predicted molar refractivity (Wildman–Crippen MR) is 98.5 cm³/mol. The summed E-state index contributed by atoms with van der Waals surface area (Å²) in [5, 5.41) is 15.7. The molecule has 4 N–H and O–H groups in total. The zero-order chi connectivity index (χ0) is 24.1. The van der Waals surface area contributed by atoms with E-state index in [4.69, 9.17) is 9.90 Å². The topological polar surface area (TPSA) is 108 Å². The third kappa shape index (κ3) is 7.39. The number of amides is 2. The number of carbonyl (C=O) groups is 3. The first kappa shape index (κ1) is 25.4. The number of carbonyl (C=O) groups excluding carboxylic acids is 2. The molecular weight excluding hydrogens is 448 g/mol. The van der Waals surface area contributed by atoms with E-state index in [1.54, 1.807) is 0 Å². The molecule has 13 heteroatoms. The van der Waals surface area contributed by atoms with Gasteiger partial charge in [0.2, 0.25) is 5.91 Å². The fourth-order valence-electron chi connectivity index (χ4n) is 3.66. The maximum absolute atomic E-state index is 12.7. The minimum Gasteiger partial charge on any atom is -0.475 e. The van der Waals surface area contributed by atoms with E-state index in [0.717, 1.165) is 38.1 Å². The Morgan fingerprint density at radius 3 is 2.09 bits per heavy atom. The van der Waals surface area contributed by atoms with Crippen molar-refractivity contribution < 1.29 is 45.8 Å². The summed E-state index contributed by atoms with van der Waals surface area (Å²) < 4.78 is 69.7. The van der Waals surface area contributed by atoms with Gasteiger partial charge in [-0.15, -0.1) is 0 Å². The second-order valence-electron chi connectivity index (χ2n) is 7.48. The summed E-state index contributed by atoms with van der Waals surface area (Å²) in [6, 6.07) is 4.24. The summed E-state index contributed by atoms with van der Waals surface area (Å²) in [7, 11) is 0. The first-order valence-electron chi connectivity index (χ1n) is 9.53. The van der Waals surface area contributed by atoms with Crippen molar-refractivity contribution in [3.05, 3.63) is 35.4 Å². The molecule has 1 saturated carbocycles. The zero-order valence-electron chi connectivity index (χ0n) is 16.5. The summed E-state index contributed by atoms with van der Waals surface area (Å²) >= 11 is 0. The van der Waals surface area contributed by atoms with Crippen molar-refractivity contribution in [1.29, 1.82) is 0 Å². The molecule has 2 atom stereocenters. The van der Waals surface area contributed by atoms with Gasteiger partial charge in [-0.25, -0.2) is 4.79 Å². The number of halogens is 6. The molecule has 0 spiro atoms. The molecule has 2 fully saturated rings. The molecule has 1 aromatic rings. The number of rotatable bonds is 4. The minimum absolute atomic E-state index is 0.107. The molecule has 1 heterocycles. The lowest BCUT2D eigenvalue weighted by Gasteiger charge is -2.14. The van der Waals surface area contributed by atoms with Gasteiger partial charge in [0.05, 0.1) is 12.1 Å². The highest BCUT2D eigenvalue weighted by Gasteiger charge is 2.38. The Balaban J connectivity index is 0.000000451. The molecule has 0 aromatic heterocycles. The van der Waals surface area contributed by atoms with Gasteiger partial charge in [-0.1, -0.05) is 6.07 Å². The van der Waals surface area contributed by atoms with Crippen LogP contribution >= 0.6 is 0 Å². The molecule has 32 heavy (non-hydrogen) atoms. The Kier molecular flexibility index (Phi) is 8.10. The van der Waals surface area contributed by atoms with E-state index in [1.165, 1.54) is 12.1 Å². The van der Waals surface area contributed by atoms with Gasteiger partial charge in [0.1, 0.15) is 0 Å². The molecule has 2 amide bonds. The van der Waals surface area contributed by atoms with Gasteiger partial charge in [0.15, 0.2) is 0 Å². The molecule has 1 aromatic carbocycles. The molecular formula is C19H21F6N3O4. The van der Waals surface area contributed by atoms with E-state index in [0.29, 0.717) is 11.8 Å². The first-order valence-corrected chi connectivity index (χ1v) is 9.53. The van der Waals surface area contributed by atoms with Gasteiger partial charge in [0.25, 0.3) is 5.91 Å². The van der Waals surface area contributed by atoms with Crippen LogP contribution in [0.15, 0.2) is 24.3 Å². The van der Waals surface area contributed by atoms with Crippen molar-refractivity contribution >= 4 is 17.8 Å². The van der Waals surface area contributed by atoms with Crippen LogP contribution in [0.5, 0.6) is 0 Å². The Morgan fingerprint density at radius 1 is 1.03 bits per heavy atom. The van der Waals surface area contributed by atoms with Crippen LogP contribution in [-0.2, 0) is 15.8 Å². The highest BCUT2D eigenvalue weighted by atomic mass is 19.4. The lowest BCUT2D eigenvalue weighted by Crippen LogP contribution is -2.41. The van der Waals surface area contributed by atoms with E-state index in [2.05, 4.69) is 16.0 Å². The van der Waals surface area contributed by atoms with E-state index in [9.17, 15) is 35.9 Å². The van der Waals surface area contributed by atoms with E-state index < -0.39 is 29.8 Å². The molecule has 2 unspecified atom stereocenters. The van der Waals surface area contributed by atoms with Crippen molar-refractivity contribution in [2.24, 2.45) is 11.8 Å². The zero-order valence-corrected chi connectivity index (χ0v) is 16.5. The smallest absolute Gasteiger partial charge is 0.475 e. The standard InChI is InChI=1S/C17H20F3N3O2.C2HF3O2/c18-17(19,20)13-3-1-2-10(4-13)16(25)22-9-15(24)23-14-5-11-7-21-8-12(11)6-14;3-2(4,5)1(6)7/h1-4,11-12,14,21H,5-9H2,(H,22,25)(H,23,24);(H,6,7). The highest BCUT2D eigenvalue weighted by molar-refractivity contribution is 5.96. The van der Waals surface area contributed by atoms with Gasteiger partial charge in [0, 0.05) is 11.6 Å². The molecule has 1 aliphatic heterocycles. The summed E-state index contributed by atoms with van der Waals surface area (Å²) in [6.45, 7) is 1.70. The Labute approximate surface area is 178 Å². The van der Waals surface area contributed by atoms with Gasteiger partial charge in [-0.3, -0.25) is 9.59 Å². The fourth-order valence-corrected chi connectivity index (χ4v) is 3.66. The average molecular weight is 469 g/mol. The van der Waals surface area contributed by atoms with Crippen molar-refractivity contribution in [2.45, 2.75) is 31.2 Å². The van der Waals surface area contributed by atoms with E-state index in [-0.39, 0.29) is 24.1 Å². The maximum atomic E-state index is 12.7. The number of aliphatic carboxylic acids is 1. The summed E-state index contributed by atoms with van der Waals surface area (Å²) in [5.41, 5.74) is -1.01. The van der Waals surface area contributed by atoms with E-state index in [1.807, 2.05) is 0 Å². The molecule has 2 aliphatic rings. The number of carboxylic acids is 1. The van der Waals surface area contributed by atoms with Crippen LogP contribution in [0.4, 0.5) is 26.3 Å². The molecule has 3 rings (SSSR count). The Hall–Kier alpha value is -2.83. The van der Waals surface area contributed by atoms with Crippen molar-refractivity contribution in [3.63, 3.8) is 0 Å². The van der Waals surface area contributed by atoms with Gasteiger partial charge in [-0.2, -0.15) is 26.3 Å². The van der Waals surface area contributed by atoms with Gasteiger partial charge in [-0.05, 0) is 56.0 Å². The number of benzene rings is 1. The summed E-state index contributed by atoms with van der Waals surface area (Å²) in [5.74, 6) is -2.60. The largest absolute Gasteiger partial charge is 0.490 e. The third-order valence-electron chi connectivity index (χ3n) is 5.12. The molecule has 1 aliphatic carbocycles. The number of carboxylic acid groups (broad SMARTS) is 1. The SMILES string of the molecule is O=C(CNC(=O)c1cccc(C(F)(F)F)c1)NC1CC2CNCC2C1.O=C(O)C(F)(F)F. The normalized spacial score (nSPS) is 22.4. The van der Waals surface area contributed by atoms with Crippen LogP contribution in [0.1, 0.15) is 28.8 Å². The highest BCUT2D eigenvalue weighted by Crippen LogP contribution is 2.34. The van der Waals surface area contributed by atoms with Crippen molar-refractivity contribution in [3.8, 4) is 0 Å². The Bertz CT molecular complexity index is 831. The lowest BCUT2D eigenvalue weighted by molar-refractivity contribution is -0.192. The van der Waals surface area contributed by atoms with Crippen molar-refractivity contribution in [1.82, 2.24) is 16.0 Å². The number of fused-ring (bicyclic) bond motifs is 1. The monoisotopic (exact) mass is 469 g/mol. The van der Waals surface area contributed by atoms with E-state index >= 15 is 0 Å². The van der Waals surface area contributed by atoms with Crippen LogP contribution in [0, 0.1) is 11.8 Å². The average Bonchev–Trinajstić information content (AvgIpc) is 3.27. The van der Waals surface area contributed by atoms with Gasteiger partial charge >= 0.3 is 18.3 Å². The second-order valence-corrected chi connectivity index (χ2v) is 7.48. The molecule has 0 radical (unpaired) electrons. The minimum atomic E-state index is -5.08. The second kappa shape index (κ2) is 10.2. The fraction of sp³-hybridized carbons (Fsp3) is 0.526. The summed E-state index contributed by atoms with van der Waals surface area (Å²) in [4.78, 5) is 32.8. The lowest BCUT2D eigenvalue weighted by atomic mass is 10.0. The number of hydrogen-bond donors (Lipinski definition) is 4. The van der Waals surface area contributed by atoms with Crippen LogP contribution < -0.4 is 16.0 Å². The first-order chi connectivity index (χ1) is 14.8. The quantitative estimate of drug-likeness (QED) is 0.506. The third-order valence-corrected chi connectivity index (χ3v) is 5.12. The molecule has 7 nitrogen and oxygen atoms in total.